The summed E-state index contributed by atoms with van der Waals surface area (Å²) in [7, 11) is 0. The molecule has 1 aromatic carbocycles. The van der Waals surface area contributed by atoms with Crippen molar-refractivity contribution < 1.29 is 4.74 Å². The van der Waals surface area contributed by atoms with E-state index in [1.807, 2.05) is 0 Å². The van der Waals surface area contributed by atoms with E-state index in [1.54, 1.807) is 0 Å². The van der Waals surface area contributed by atoms with E-state index >= 15 is 0 Å². The van der Waals surface area contributed by atoms with Crippen molar-refractivity contribution in [3.05, 3.63) is 29.8 Å². The summed E-state index contributed by atoms with van der Waals surface area (Å²) >= 11 is 0. The Bertz CT molecular complexity index is 476. The molecule has 2 unspecified atom stereocenters. The summed E-state index contributed by atoms with van der Waals surface area (Å²) in [4.78, 5) is 2.51. The van der Waals surface area contributed by atoms with Crippen molar-refractivity contribution in [3.63, 3.8) is 0 Å². The van der Waals surface area contributed by atoms with Gasteiger partial charge in [-0.05, 0) is 45.2 Å². The highest BCUT2D eigenvalue weighted by molar-refractivity contribution is 5.55. The van der Waals surface area contributed by atoms with Gasteiger partial charge in [-0.15, -0.1) is 0 Å². The molecular formula is C18H30N2O. The van der Waals surface area contributed by atoms with Crippen LogP contribution in [0.15, 0.2) is 24.3 Å². The molecule has 0 saturated carbocycles. The van der Waals surface area contributed by atoms with Gasteiger partial charge in [-0.25, -0.2) is 0 Å². The van der Waals surface area contributed by atoms with Gasteiger partial charge in [-0.3, -0.25) is 0 Å². The molecule has 118 valence electrons. The van der Waals surface area contributed by atoms with Gasteiger partial charge in [-0.1, -0.05) is 25.1 Å². The largest absolute Gasteiger partial charge is 0.375 e. The van der Waals surface area contributed by atoms with Gasteiger partial charge in [0.05, 0.1) is 11.1 Å². The minimum Gasteiger partial charge on any atom is -0.375 e. The Morgan fingerprint density at radius 1 is 1.29 bits per heavy atom. The molecule has 0 amide bonds. The van der Waals surface area contributed by atoms with Gasteiger partial charge in [0.15, 0.2) is 0 Å². The van der Waals surface area contributed by atoms with Gasteiger partial charge in [0.1, 0.15) is 0 Å². The molecule has 2 N–H and O–H groups in total. The number of anilines is 1. The molecule has 2 atom stereocenters. The monoisotopic (exact) mass is 290 g/mol. The Hall–Kier alpha value is -1.06. The molecule has 1 fully saturated rings. The van der Waals surface area contributed by atoms with Crippen LogP contribution in [-0.2, 0) is 4.74 Å². The lowest BCUT2D eigenvalue weighted by Gasteiger charge is -2.52. The lowest BCUT2D eigenvalue weighted by molar-refractivity contribution is -0.0934. The summed E-state index contributed by atoms with van der Waals surface area (Å²) in [6.07, 6.45) is 3.02. The molecule has 3 heteroatoms. The third-order valence-corrected chi connectivity index (χ3v) is 5.14. The van der Waals surface area contributed by atoms with Crippen molar-refractivity contribution in [1.29, 1.82) is 0 Å². The fourth-order valence-corrected chi connectivity index (χ4v) is 3.69. The second-order valence-corrected chi connectivity index (χ2v) is 6.54. The van der Waals surface area contributed by atoms with Gasteiger partial charge in [0, 0.05) is 31.8 Å². The second-order valence-electron chi connectivity index (χ2n) is 6.54. The fourth-order valence-electron chi connectivity index (χ4n) is 3.69. The smallest absolute Gasteiger partial charge is 0.0674 e. The Morgan fingerprint density at radius 2 is 2.00 bits per heavy atom. The van der Waals surface area contributed by atoms with Gasteiger partial charge in [-0.2, -0.15) is 0 Å². The third kappa shape index (κ3) is 3.09. The zero-order chi connectivity index (χ0) is 15.5. The number of rotatable bonds is 5. The van der Waals surface area contributed by atoms with Gasteiger partial charge >= 0.3 is 0 Å². The van der Waals surface area contributed by atoms with Crippen molar-refractivity contribution in [1.82, 2.24) is 0 Å². The van der Waals surface area contributed by atoms with Gasteiger partial charge < -0.3 is 15.4 Å². The van der Waals surface area contributed by atoms with E-state index in [4.69, 9.17) is 10.5 Å². The molecule has 0 aliphatic carbocycles. The molecule has 3 nitrogen and oxygen atoms in total. The molecule has 0 aromatic heterocycles. The van der Waals surface area contributed by atoms with Crippen molar-refractivity contribution in [2.75, 3.05) is 24.6 Å². The topological polar surface area (TPSA) is 38.5 Å². The highest BCUT2D eigenvalue weighted by Crippen LogP contribution is 2.40. The molecule has 1 aromatic rings. The van der Waals surface area contributed by atoms with E-state index in [2.05, 4.69) is 56.9 Å². The van der Waals surface area contributed by atoms with E-state index < -0.39 is 0 Å². The zero-order valence-electron chi connectivity index (χ0n) is 14.0. The maximum absolute atomic E-state index is 6.28. The van der Waals surface area contributed by atoms with E-state index in [0.29, 0.717) is 6.54 Å². The Labute approximate surface area is 129 Å². The first-order valence-electron chi connectivity index (χ1n) is 8.17. The molecule has 0 spiro atoms. The summed E-state index contributed by atoms with van der Waals surface area (Å²) in [6.45, 7) is 11.3. The third-order valence-electron chi connectivity index (χ3n) is 5.14. The van der Waals surface area contributed by atoms with E-state index in [-0.39, 0.29) is 11.1 Å². The van der Waals surface area contributed by atoms with Crippen LogP contribution in [0.25, 0.3) is 0 Å². The lowest BCUT2D eigenvalue weighted by atomic mass is 9.77. The van der Waals surface area contributed by atoms with Gasteiger partial charge in [0.2, 0.25) is 0 Å². The number of aryl methyl sites for hydroxylation is 1. The number of para-hydroxylation sites is 1. The van der Waals surface area contributed by atoms with Crippen LogP contribution in [0.1, 0.15) is 45.6 Å². The maximum Gasteiger partial charge on any atom is 0.0674 e. The zero-order valence-corrected chi connectivity index (χ0v) is 14.0. The number of nitrogens with zero attached hydrogens (tertiary/aromatic N) is 1. The molecule has 21 heavy (non-hydrogen) atoms. The van der Waals surface area contributed by atoms with Crippen LogP contribution in [-0.4, -0.2) is 30.8 Å². The van der Waals surface area contributed by atoms with Crippen LogP contribution < -0.4 is 10.6 Å². The SMILES string of the molecule is CCN(c1ccccc1C)C1(CN)CCOC(C)(CC)C1. The minimum absolute atomic E-state index is 0.00384. The predicted octanol–water partition coefficient (Wildman–Crippen LogP) is 3.50. The van der Waals surface area contributed by atoms with E-state index in [1.165, 1.54) is 11.3 Å². The average molecular weight is 290 g/mol. The molecular weight excluding hydrogens is 260 g/mol. The van der Waals surface area contributed by atoms with Crippen LogP contribution in [0.3, 0.4) is 0 Å². The van der Waals surface area contributed by atoms with Crippen molar-refractivity contribution in [3.8, 4) is 0 Å². The average Bonchev–Trinajstić information content (AvgIpc) is 2.50. The molecule has 0 bridgehead atoms. The van der Waals surface area contributed by atoms with Crippen molar-refractivity contribution >= 4 is 5.69 Å². The first-order valence-corrected chi connectivity index (χ1v) is 8.17. The highest BCUT2D eigenvalue weighted by atomic mass is 16.5. The predicted molar refractivity (Wildman–Crippen MR) is 89.9 cm³/mol. The quantitative estimate of drug-likeness (QED) is 0.902. The Kier molecular flexibility index (Phi) is 4.95. The fraction of sp³-hybridized carbons (Fsp3) is 0.667. The minimum atomic E-state index is -0.0618. The van der Waals surface area contributed by atoms with Crippen LogP contribution >= 0.6 is 0 Å². The Balaban J connectivity index is 2.40. The lowest BCUT2D eigenvalue weighted by Crippen LogP contribution is -2.61. The van der Waals surface area contributed by atoms with Gasteiger partial charge in [0.25, 0.3) is 0 Å². The number of hydrogen-bond acceptors (Lipinski definition) is 3. The standard InChI is InChI=1S/C18H30N2O/c1-5-17(4)13-18(14-19,11-12-21-17)20(6-2)16-10-8-7-9-15(16)3/h7-10H,5-6,11-14,19H2,1-4H3. The number of benzene rings is 1. The number of likely N-dealkylation sites (N-methyl/N-ethyl adjacent to an activating group) is 1. The number of nitrogens with two attached hydrogens (primary N) is 1. The summed E-state index contributed by atoms with van der Waals surface area (Å²) in [5.41, 5.74) is 8.85. The van der Waals surface area contributed by atoms with E-state index in [9.17, 15) is 0 Å². The molecule has 1 aliphatic heterocycles. The second kappa shape index (κ2) is 6.37. The first kappa shape index (κ1) is 16.3. The van der Waals surface area contributed by atoms with Crippen LogP contribution in [0.2, 0.25) is 0 Å². The first-order chi connectivity index (χ1) is 10.0. The van der Waals surface area contributed by atoms with E-state index in [0.717, 1.165) is 32.4 Å². The number of ether oxygens (including phenoxy) is 1. The summed E-state index contributed by atoms with van der Waals surface area (Å²) < 4.78 is 6.05. The molecule has 1 saturated heterocycles. The normalized spacial score (nSPS) is 29.4. The summed E-state index contributed by atoms with van der Waals surface area (Å²) in [5.74, 6) is 0. The van der Waals surface area contributed by atoms with Crippen LogP contribution in [0.4, 0.5) is 5.69 Å². The Morgan fingerprint density at radius 3 is 2.57 bits per heavy atom. The summed E-state index contributed by atoms with van der Waals surface area (Å²) in [6, 6.07) is 8.62. The molecule has 1 aliphatic rings. The molecule has 2 rings (SSSR count). The molecule has 0 radical (unpaired) electrons. The van der Waals surface area contributed by atoms with Crippen LogP contribution in [0.5, 0.6) is 0 Å². The van der Waals surface area contributed by atoms with Crippen LogP contribution in [0, 0.1) is 6.92 Å². The summed E-state index contributed by atoms with van der Waals surface area (Å²) in [5, 5.41) is 0. The number of hydrogen-bond donors (Lipinski definition) is 1. The maximum atomic E-state index is 6.28. The van der Waals surface area contributed by atoms with Crippen molar-refractivity contribution in [2.24, 2.45) is 5.73 Å². The van der Waals surface area contributed by atoms with Crippen molar-refractivity contribution in [2.45, 2.75) is 58.1 Å². The highest BCUT2D eigenvalue weighted by Gasteiger charge is 2.45. The molecule has 1 heterocycles.